The van der Waals surface area contributed by atoms with Crippen LogP contribution in [0.2, 0.25) is 0 Å². The molecule has 2 rings (SSSR count). The van der Waals surface area contributed by atoms with Crippen molar-refractivity contribution in [3.63, 3.8) is 0 Å². The molecule has 0 unspecified atom stereocenters. The first kappa shape index (κ1) is 12.5. The third-order valence-electron chi connectivity index (χ3n) is 2.70. The summed E-state index contributed by atoms with van der Waals surface area (Å²) in [6, 6.07) is 1.84. The van der Waals surface area contributed by atoms with E-state index < -0.39 is 0 Å². The molecule has 96 valence electrons. The lowest BCUT2D eigenvalue weighted by atomic mass is 10.1. The van der Waals surface area contributed by atoms with E-state index in [1.165, 1.54) is 0 Å². The fourth-order valence-electron chi connectivity index (χ4n) is 1.91. The monoisotopic (exact) mass is 245 g/mol. The van der Waals surface area contributed by atoms with Gasteiger partial charge in [0, 0.05) is 18.3 Å². The zero-order valence-electron chi connectivity index (χ0n) is 11.1. The van der Waals surface area contributed by atoms with Gasteiger partial charge in [-0.3, -0.25) is 0 Å². The molecule has 2 aromatic rings. The summed E-state index contributed by atoms with van der Waals surface area (Å²) in [6.07, 6.45) is 4.46. The number of aryl methyl sites for hydroxylation is 1. The molecule has 0 aliphatic carbocycles. The summed E-state index contributed by atoms with van der Waals surface area (Å²) in [5.41, 5.74) is 7.75. The fraction of sp³-hybridized carbons (Fsp3) is 0.462. The van der Waals surface area contributed by atoms with Gasteiger partial charge in [0.1, 0.15) is 11.5 Å². The topological polar surface area (TPSA) is 69.6 Å². The number of anilines is 1. The molecule has 0 radical (unpaired) electrons. The number of nitrogens with two attached hydrogens (primary N) is 1. The minimum Gasteiger partial charge on any atom is -0.384 e. The van der Waals surface area contributed by atoms with E-state index in [1.807, 2.05) is 10.6 Å². The van der Waals surface area contributed by atoms with Crippen molar-refractivity contribution in [3.05, 3.63) is 24.3 Å². The highest BCUT2D eigenvalue weighted by Crippen LogP contribution is 2.18. The van der Waals surface area contributed by atoms with Crippen molar-refractivity contribution >= 4 is 5.82 Å². The Morgan fingerprint density at radius 2 is 2.11 bits per heavy atom. The number of hydrogen-bond acceptors (Lipinski definition) is 4. The second-order valence-electron chi connectivity index (χ2n) is 4.77. The van der Waals surface area contributed by atoms with Crippen LogP contribution in [0.4, 0.5) is 5.82 Å². The summed E-state index contributed by atoms with van der Waals surface area (Å²) >= 11 is 0. The van der Waals surface area contributed by atoms with Crippen molar-refractivity contribution in [1.82, 2.24) is 19.5 Å². The standard InChI is InChI=1S/C13H19N5/c1-4-18-8-15-7-11(18)13-16-10(5-9(2)3)6-12(14)17-13/h6-9H,4-5H2,1-3H3,(H2,14,16,17). The van der Waals surface area contributed by atoms with Crippen LogP contribution in [-0.4, -0.2) is 19.5 Å². The van der Waals surface area contributed by atoms with Crippen LogP contribution in [0.1, 0.15) is 26.5 Å². The van der Waals surface area contributed by atoms with E-state index >= 15 is 0 Å². The molecular weight excluding hydrogens is 226 g/mol. The van der Waals surface area contributed by atoms with Crippen LogP contribution < -0.4 is 5.73 Å². The summed E-state index contributed by atoms with van der Waals surface area (Å²) in [6.45, 7) is 7.22. The van der Waals surface area contributed by atoms with Crippen LogP contribution in [0, 0.1) is 5.92 Å². The van der Waals surface area contributed by atoms with Gasteiger partial charge < -0.3 is 10.3 Å². The second-order valence-corrected chi connectivity index (χ2v) is 4.77. The largest absolute Gasteiger partial charge is 0.384 e. The molecule has 0 saturated heterocycles. The molecule has 0 spiro atoms. The Labute approximate surface area is 107 Å². The van der Waals surface area contributed by atoms with E-state index in [2.05, 4.69) is 35.7 Å². The highest BCUT2D eigenvalue weighted by molar-refractivity contribution is 5.51. The molecule has 2 aromatic heterocycles. The van der Waals surface area contributed by atoms with Gasteiger partial charge in [0.2, 0.25) is 0 Å². The smallest absolute Gasteiger partial charge is 0.180 e. The molecule has 5 heteroatoms. The molecule has 2 N–H and O–H groups in total. The molecule has 0 aromatic carbocycles. The average Bonchev–Trinajstić information content (AvgIpc) is 2.75. The van der Waals surface area contributed by atoms with E-state index in [4.69, 9.17) is 5.73 Å². The lowest BCUT2D eigenvalue weighted by molar-refractivity contribution is 0.634. The summed E-state index contributed by atoms with van der Waals surface area (Å²) < 4.78 is 2.01. The highest BCUT2D eigenvalue weighted by Gasteiger charge is 2.10. The summed E-state index contributed by atoms with van der Waals surface area (Å²) in [5.74, 6) is 1.72. The van der Waals surface area contributed by atoms with Crippen molar-refractivity contribution < 1.29 is 0 Å². The lowest BCUT2D eigenvalue weighted by Gasteiger charge is -2.08. The maximum absolute atomic E-state index is 5.85. The molecule has 0 bridgehead atoms. The molecule has 18 heavy (non-hydrogen) atoms. The quantitative estimate of drug-likeness (QED) is 0.896. The Kier molecular flexibility index (Phi) is 3.60. The molecule has 2 heterocycles. The van der Waals surface area contributed by atoms with Gasteiger partial charge in [-0.25, -0.2) is 15.0 Å². The maximum atomic E-state index is 5.85. The van der Waals surface area contributed by atoms with Gasteiger partial charge in [0.15, 0.2) is 5.82 Å². The van der Waals surface area contributed by atoms with Crippen molar-refractivity contribution in [2.24, 2.45) is 5.92 Å². The Balaban J connectivity index is 2.42. The first-order valence-electron chi connectivity index (χ1n) is 6.24. The molecule has 0 aliphatic rings. The van der Waals surface area contributed by atoms with Crippen molar-refractivity contribution in [3.8, 4) is 11.5 Å². The van der Waals surface area contributed by atoms with Crippen LogP contribution in [0.5, 0.6) is 0 Å². The van der Waals surface area contributed by atoms with Crippen molar-refractivity contribution in [2.45, 2.75) is 33.7 Å². The van der Waals surface area contributed by atoms with Gasteiger partial charge in [0.05, 0.1) is 12.5 Å². The van der Waals surface area contributed by atoms with E-state index in [9.17, 15) is 0 Å². The van der Waals surface area contributed by atoms with Gasteiger partial charge >= 0.3 is 0 Å². The minimum absolute atomic E-state index is 0.513. The third-order valence-corrected chi connectivity index (χ3v) is 2.70. The molecule has 0 aliphatic heterocycles. The average molecular weight is 245 g/mol. The number of nitrogen functional groups attached to an aromatic ring is 1. The molecule has 0 fully saturated rings. The van der Waals surface area contributed by atoms with Gasteiger partial charge in [-0.15, -0.1) is 0 Å². The second kappa shape index (κ2) is 5.16. The third kappa shape index (κ3) is 2.67. The van der Waals surface area contributed by atoms with Crippen LogP contribution in [-0.2, 0) is 13.0 Å². The zero-order chi connectivity index (χ0) is 13.1. The number of rotatable bonds is 4. The molecule has 0 saturated carbocycles. The van der Waals surface area contributed by atoms with E-state index in [-0.39, 0.29) is 0 Å². The van der Waals surface area contributed by atoms with Crippen LogP contribution in [0.25, 0.3) is 11.5 Å². The Hall–Kier alpha value is -1.91. The number of imidazole rings is 1. The predicted molar refractivity (Wildman–Crippen MR) is 71.9 cm³/mol. The number of aromatic nitrogens is 4. The van der Waals surface area contributed by atoms with Crippen LogP contribution in [0.15, 0.2) is 18.6 Å². The van der Waals surface area contributed by atoms with Gasteiger partial charge in [0.25, 0.3) is 0 Å². The fourth-order valence-corrected chi connectivity index (χ4v) is 1.91. The van der Waals surface area contributed by atoms with E-state index in [1.54, 1.807) is 12.5 Å². The van der Waals surface area contributed by atoms with Crippen molar-refractivity contribution in [2.75, 3.05) is 5.73 Å². The lowest BCUT2D eigenvalue weighted by Crippen LogP contribution is -2.05. The van der Waals surface area contributed by atoms with E-state index in [0.29, 0.717) is 17.6 Å². The first-order chi connectivity index (χ1) is 8.60. The van der Waals surface area contributed by atoms with Gasteiger partial charge in [-0.05, 0) is 19.3 Å². The number of hydrogen-bond donors (Lipinski definition) is 1. The Bertz CT molecular complexity index is 530. The summed E-state index contributed by atoms with van der Waals surface area (Å²) in [5, 5.41) is 0. The summed E-state index contributed by atoms with van der Waals surface area (Å²) in [4.78, 5) is 13.0. The SMILES string of the molecule is CCn1cncc1-c1nc(N)cc(CC(C)C)n1. The van der Waals surface area contributed by atoms with Crippen LogP contribution in [0.3, 0.4) is 0 Å². The molecular formula is C13H19N5. The summed E-state index contributed by atoms with van der Waals surface area (Å²) in [7, 11) is 0. The Morgan fingerprint density at radius 3 is 2.78 bits per heavy atom. The molecule has 5 nitrogen and oxygen atoms in total. The van der Waals surface area contributed by atoms with E-state index in [0.717, 1.165) is 24.4 Å². The van der Waals surface area contributed by atoms with Gasteiger partial charge in [-0.2, -0.15) is 0 Å². The first-order valence-corrected chi connectivity index (χ1v) is 6.24. The number of nitrogens with zero attached hydrogens (tertiary/aromatic N) is 4. The van der Waals surface area contributed by atoms with Gasteiger partial charge in [-0.1, -0.05) is 13.8 Å². The molecule has 0 atom stereocenters. The molecule has 0 amide bonds. The Morgan fingerprint density at radius 1 is 1.33 bits per heavy atom. The maximum Gasteiger partial charge on any atom is 0.180 e. The van der Waals surface area contributed by atoms with Crippen LogP contribution >= 0.6 is 0 Å². The predicted octanol–water partition coefficient (Wildman–Crippen LogP) is 2.14. The van der Waals surface area contributed by atoms with Crippen molar-refractivity contribution in [1.29, 1.82) is 0 Å². The highest BCUT2D eigenvalue weighted by atomic mass is 15.1. The normalized spacial score (nSPS) is 11.1. The zero-order valence-corrected chi connectivity index (χ0v) is 11.1. The minimum atomic E-state index is 0.513.